The average Bonchev–Trinajstić information content (AvgIpc) is 3.37. The van der Waals surface area contributed by atoms with Crippen molar-refractivity contribution in [2.24, 2.45) is 0 Å². The molecule has 3 amide bonds. The Kier molecular flexibility index (Phi) is 4.03. The Bertz CT molecular complexity index is 976. The van der Waals surface area contributed by atoms with Crippen LogP contribution in [0.2, 0.25) is 0 Å². The normalized spacial score (nSPS) is 16.8. The zero-order chi connectivity index (χ0) is 19.0. The second kappa shape index (κ2) is 6.52. The van der Waals surface area contributed by atoms with Gasteiger partial charge in [-0.25, -0.2) is 9.59 Å². The number of fused-ring (bicyclic) bond motifs is 1. The number of rotatable bonds is 4. The molecule has 4 rings (SSSR count). The molecule has 1 aromatic heterocycles. The van der Waals surface area contributed by atoms with Crippen molar-refractivity contribution in [1.82, 2.24) is 10.2 Å². The maximum Gasteiger partial charge on any atom is 0.373 e. The second-order valence-corrected chi connectivity index (χ2v) is 5.75. The van der Waals surface area contributed by atoms with E-state index in [9.17, 15) is 14.4 Å². The Morgan fingerprint density at radius 2 is 2.04 bits per heavy atom. The zero-order valence-corrected chi connectivity index (χ0v) is 14.2. The number of hydrogen-bond donors (Lipinski definition) is 1. The van der Waals surface area contributed by atoms with Gasteiger partial charge in [0.25, 0.3) is 5.91 Å². The fourth-order valence-electron chi connectivity index (χ4n) is 2.71. The highest BCUT2D eigenvalue weighted by Crippen LogP contribution is 2.33. The molecule has 9 nitrogen and oxygen atoms in total. The third kappa shape index (κ3) is 3.10. The summed E-state index contributed by atoms with van der Waals surface area (Å²) in [5.74, 6) is 0.332. The van der Waals surface area contributed by atoms with Crippen molar-refractivity contribution in [3.05, 3.63) is 53.1 Å². The third-order valence-corrected chi connectivity index (χ3v) is 4.03. The first-order chi connectivity index (χ1) is 13.0. The lowest BCUT2D eigenvalue weighted by atomic mass is 10.1. The summed E-state index contributed by atoms with van der Waals surface area (Å²) in [7, 11) is 1.23. The molecule has 0 saturated carbocycles. The third-order valence-electron chi connectivity index (χ3n) is 4.03. The fraction of sp³-hybridized carbons (Fsp3) is 0.167. The van der Waals surface area contributed by atoms with Gasteiger partial charge in [-0.1, -0.05) is 6.07 Å². The van der Waals surface area contributed by atoms with Gasteiger partial charge in [-0.3, -0.25) is 9.69 Å². The number of esters is 1. The molecule has 0 spiro atoms. The minimum atomic E-state index is -0.637. The van der Waals surface area contributed by atoms with Gasteiger partial charge in [-0.2, -0.15) is 0 Å². The Balaban J connectivity index is 1.51. The Hall–Kier alpha value is -3.75. The summed E-state index contributed by atoms with van der Waals surface area (Å²) in [6, 6.07) is 7.54. The second-order valence-electron chi connectivity index (χ2n) is 5.75. The smallest absolute Gasteiger partial charge is 0.373 e. The number of furan rings is 1. The predicted octanol–water partition coefficient (Wildman–Crippen LogP) is 1.89. The van der Waals surface area contributed by atoms with E-state index in [0.717, 1.165) is 4.90 Å². The monoisotopic (exact) mass is 370 g/mol. The quantitative estimate of drug-likeness (QED) is 0.497. The number of carbonyl (C=O) groups is 3. The summed E-state index contributed by atoms with van der Waals surface area (Å²) < 4.78 is 20.4. The molecular weight excluding hydrogens is 356 g/mol. The molecule has 1 N–H and O–H groups in total. The van der Waals surface area contributed by atoms with Gasteiger partial charge >= 0.3 is 12.0 Å². The van der Waals surface area contributed by atoms with Crippen LogP contribution in [-0.4, -0.2) is 36.7 Å². The molecule has 0 aliphatic carbocycles. The van der Waals surface area contributed by atoms with Gasteiger partial charge in [0, 0.05) is 0 Å². The first kappa shape index (κ1) is 16.7. The molecule has 0 unspecified atom stereocenters. The number of ether oxygens (including phenoxy) is 3. The van der Waals surface area contributed by atoms with Crippen LogP contribution in [0.5, 0.6) is 11.5 Å². The first-order valence-corrected chi connectivity index (χ1v) is 7.96. The summed E-state index contributed by atoms with van der Waals surface area (Å²) >= 11 is 0. The molecule has 9 heteroatoms. The van der Waals surface area contributed by atoms with Crippen molar-refractivity contribution in [1.29, 1.82) is 0 Å². The van der Waals surface area contributed by atoms with Crippen molar-refractivity contribution in [3.63, 3.8) is 0 Å². The Morgan fingerprint density at radius 1 is 1.22 bits per heavy atom. The van der Waals surface area contributed by atoms with Gasteiger partial charge in [0.15, 0.2) is 11.5 Å². The number of imide groups is 1. The highest BCUT2D eigenvalue weighted by molar-refractivity contribution is 6.13. The van der Waals surface area contributed by atoms with Crippen LogP contribution in [0.3, 0.4) is 0 Å². The number of nitrogens with one attached hydrogen (secondary N) is 1. The van der Waals surface area contributed by atoms with Crippen LogP contribution >= 0.6 is 0 Å². The van der Waals surface area contributed by atoms with Crippen LogP contribution < -0.4 is 14.8 Å². The van der Waals surface area contributed by atoms with Crippen LogP contribution in [-0.2, 0) is 16.1 Å². The molecule has 0 radical (unpaired) electrons. The van der Waals surface area contributed by atoms with E-state index in [0.29, 0.717) is 17.1 Å². The topological polar surface area (TPSA) is 107 Å². The molecule has 2 aliphatic rings. The molecule has 0 bridgehead atoms. The predicted molar refractivity (Wildman–Crippen MR) is 89.7 cm³/mol. The number of benzene rings is 1. The molecule has 2 aromatic rings. The van der Waals surface area contributed by atoms with E-state index in [4.69, 9.17) is 13.9 Å². The maximum absolute atomic E-state index is 12.5. The minimum absolute atomic E-state index is 0.00400. The van der Waals surface area contributed by atoms with Crippen molar-refractivity contribution in [3.8, 4) is 11.5 Å². The number of nitrogens with zero attached hydrogens (tertiary/aromatic N) is 1. The van der Waals surface area contributed by atoms with Crippen LogP contribution in [0.25, 0.3) is 6.08 Å². The number of carbonyl (C=O) groups excluding carboxylic acids is 3. The summed E-state index contributed by atoms with van der Waals surface area (Å²) in [5.41, 5.74) is 0.800. The highest BCUT2D eigenvalue weighted by atomic mass is 16.7. The van der Waals surface area contributed by atoms with E-state index >= 15 is 0 Å². The summed E-state index contributed by atoms with van der Waals surface area (Å²) in [5, 5.41) is 2.52. The highest BCUT2D eigenvalue weighted by Gasteiger charge is 2.34. The molecule has 1 aromatic carbocycles. The molecule has 3 heterocycles. The molecule has 0 atom stereocenters. The standard InChI is InChI=1S/C18H14N2O7/c1-24-17(22)14-5-3-11(27-14)8-20-16(21)12(19-18(20)23)6-10-2-4-13-15(7-10)26-9-25-13/h2-7H,8-9H2,1H3,(H,19,23). The summed E-state index contributed by atoms with van der Waals surface area (Å²) in [6.45, 7) is 0.0374. The molecule has 138 valence electrons. The lowest BCUT2D eigenvalue weighted by molar-refractivity contribution is -0.123. The van der Waals surface area contributed by atoms with E-state index < -0.39 is 17.9 Å². The van der Waals surface area contributed by atoms with Crippen molar-refractivity contribution in [2.75, 3.05) is 13.9 Å². The van der Waals surface area contributed by atoms with Crippen LogP contribution in [0.15, 0.2) is 40.4 Å². The first-order valence-electron chi connectivity index (χ1n) is 7.96. The lowest BCUT2D eigenvalue weighted by Gasteiger charge is -2.09. The van der Waals surface area contributed by atoms with Crippen molar-refractivity contribution < 1.29 is 33.0 Å². The molecule has 2 aliphatic heterocycles. The molecule has 27 heavy (non-hydrogen) atoms. The lowest BCUT2D eigenvalue weighted by Crippen LogP contribution is -2.30. The van der Waals surface area contributed by atoms with Gasteiger partial charge in [0.2, 0.25) is 12.6 Å². The molecule has 1 saturated heterocycles. The van der Waals surface area contributed by atoms with E-state index in [1.165, 1.54) is 19.2 Å². The number of urea groups is 1. The average molecular weight is 370 g/mol. The minimum Gasteiger partial charge on any atom is -0.463 e. The van der Waals surface area contributed by atoms with E-state index in [1.54, 1.807) is 24.3 Å². The largest absolute Gasteiger partial charge is 0.463 e. The van der Waals surface area contributed by atoms with Gasteiger partial charge in [-0.15, -0.1) is 0 Å². The van der Waals surface area contributed by atoms with Crippen molar-refractivity contribution >= 4 is 24.0 Å². The van der Waals surface area contributed by atoms with Crippen molar-refractivity contribution in [2.45, 2.75) is 6.54 Å². The molecular formula is C18H14N2O7. The van der Waals surface area contributed by atoms with Crippen LogP contribution in [0, 0.1) is 0 Å². The van der Waals surface area contributed by atoms with Crippen LogP contribution in [0.4, 0.5) is 4.79 Å². The molecule has 1 fully saturated rings. The fourth-order valence-corrected chi connectivity index (χ4v) is 2.71. The summed E-state index contributed by atoms with van der Waals surface area (Å²) in [4.78, 5) is 37.1. The van der Waals surface area contributed by atoms with Crippen LogP contribution in [0.1, 0.15) is 21.9 Å². The van der Waals surface area contributed by atoms with E-state index in [1.807, 2.05) is 0 Å². The van der Waals surface area contributed by atoms with E-state index in [2.05, 4.69) is 10.1 Å². The van der Waals surface area contributed by atoms with Gasteiger partial charge < -0.3 is 23.9 Å². The number of amides is 3. The Labute approximate surface area is 153 Å². The summed E-state index contributed by atoms with van der Waals surface area (Å²) in [6.07, 6.45) is 1.55. The number of hydrogen-bond acceptors (Lipinski definition) is 7. The Morgan fingerprint density at radius 3 is 2.85 bits per heavy atom. The zero-order valence-electron chi connectivity index (χ0n) is 14.2. The van der Waals surface area contributed by atoms with Gasteiger partial charge in [-0.05, 0) is 35.9 Å². The van der Waals surface area contributed by atoms with Gasteiger partial charge in [0.1, 0.15) is 11.5 Å². The van der Waals surface area contributed by atoms with Gasteiger partial charge in [0.05, 0.1) is 13.7 Å². The van der Waals surface area contributed by atoms with E-state index in [-0.39, 0.29) is 30.6 Å². The maximum atomic E-state index is 12.5. The number of methoxy groups -OCH3 is 1. The SMILES string of the molecule is COC(=O)c1ccc(CN2C(=O)NC(=Cc3ccc4c(c3)OCO4)C2=O)o1.